The van der Waals surface area contributed by atoms with Gasteiger partial charge in [0.15, 0.2) is 0 Å². The second-order valence-electron chi connectivity index (χ2n) is 4.55. The number of phenolic OH excluding ortho intramolecular Hbond substituents is 1. The van der Waals surface area contributed by atoms with E-state index < -0.39 is 0 Å². The molecule has 0 saturated carbocycles. The fraction of sp³-hybridized carbons (Fsp3) is 0.0714. The van der Waals surface area contributed by atoms with Gasteiger partial charge >= 0.3 is 0 Å². The number of hydrogen-bond acceptors (Lipinski definition) is 4. The number of aromatic amines is 1. The SMILES string of the molecule is Cn1cc(-c2cc(=O)[nH]c(-c3ccc(O)c(Cl)c3)n2)cn1. The van der Waals surface area contributed by atoms with Gasteiger partial charge in [0.1, 0.15) is 11.6 Å². The van der Waals surface area contributed by atoms with Crippen LogP contribution in [0.15, 0.2) is 41.5 Å². The first-order valence-corrected chi connectivity index (χ1v) is 6.50. The minimum Gasteiger partial charge on any atom is -0.506 e. The zero-order chi connectivity index (χ0) is 15.0. The van der Waals surface area contributed by atoms with E-state index in [1.807, 2.05) is 0 Å². The maximum atomic E-state index is 11.8. The third kappa shape index (κ3) is 2.66. The highest BCUT2D eigenvalue weighted by molar-refractivity contribution is 6.32. The van der Waals surface area contributed by atoms with Crippen LogP contribution >= 0.6 is 11.6 Å². The Morgan fingerprint density at radius 2 is 2.10 bits per heavy atom. The zero-order valence-corrected chi connectivity index (χ0v) is 11.8. The molecule has 0 atom stereocenters. The van der Waals surface area contributed by atoms with E-state index in [-0.39, 0.29) is 16.3 Å². The van der Waals surface area contributed by atoms with Crippen molar-refractivity contribution in [2.75, 3.05) is 0 Å². The lowest BCUT2D eigenvalue weighted by Gasteiger charge is -2.04. The Bertz CT molecular complexity index is 869. The van der Waals surface area contributed by atoms with Gasteiger partial charge in [-0.2, -0.15) is 5.10 Å². The lowest BCUT2D eigenvalue weighted by Crippen LogP contribution is -2.08. The molecule has 0 aliphatic rings. The molecule has 3 rings (SSSR count). The Balaban J connectivity index is 2.13. The molecule has 2 heterocycles. The van der Waals surface area contributed by atoms with Gasteiger partial charge < -0.3 is 10.1 Å². The highest BCUT2D eigenvalue weighted by Crippen LogP contribution is 2.28. The van der Waals surface area contributed by atoms with Gasteiger partial charge in [-0.15, -0.1) is 0 Å². The monoisotopic (exact) mass is 302 g/mol. The third-order valence-electron chi connectivity index (χ3n) is 2.96. The number of aromatic hydroxyl groups is 1. The molecule has 0 aliphatic heterocycles. The van der Waals surface area contributed by atoms with E-state index in [9.17, 15) is 9.90 Å². The summed E-state index contributed by atoms with van der Waals surface area (Å²) in [6.45, 7) is 0. The van der Waals surface area contributed by atoms with Gasteiger partial charge in [-0.25, -0.2) is 4.98 Å². The molecule has 7 heteroatoms. The molecule has 1 aromatic carbocycles. The number of hydrogen-bond donors (Lipinski definition) is 2. The molecule has 2 aromatic heterocycles. The molecule has 0 bridgehead atoms. The van der Waals surface area contributed by atoms with Gasteiger partial charge in [-0.3, -0.25) is 9.48 Å². The largest absolute Gasteiger partial charge is 0.506 e. The van der Waals surface area contributed by atoms with Crippen molar-refractivity contribution in [1.82, 2.24) is 19.7 Å². The minimum atomic E-state index is -0.275. The van der Waals surface area contributed by atoms with Gasteiger partial charge in [0.25, 0.3) is 5.56 Å². The van der Waals surface area contributed by atoms with Crippen LogP contribution in [0.25, 0.3) is 22.6 Å². The summed E-state index contributed by atoms with van der Waals surface area (Å²) in [6, 6.07) is 6.03. The van der Waals surface area contributed by atoms with Crippen molar-refractivity contribution < 1.29 is 5.11 Å². The average molecular weight is 303 g/mol. The summed E-state index contributed by atoms with van der Waals surface area (Å²) in [5.41, 5.74) is 1.60. The number of H-pyrrole nitrogens is 1. The molecule has 106 valence electrons. The Labute approximate surface area is 124 Å². The van der Waals surface area contributed by atoms with E-state index >= 15 is 0 Å². The molecule has 21 heavy (non-hydrogen) atoms. The maximum absolute atomic E-state index is 11.8. The lowest BCUT2D eigenvalue weighted by molar-refractivity contribution is 0.475. The van der Waals surface area contributed by atoms with Crippen molar-refractivity contribution in [1.29, 1.82) is 0 Å². The molecule has 3 aromatic rings. The predicted molar refractivity (Wildman–Crippen MR) is 79.2 cm³/mol. The van der Waals surface area contributed by atoms with Crippen LogP contribution in [-0.4, -0.2) is 24.9 Å². The summed E-state index contributed by atoms with van der Waals surface area (Å²) in [7, 11) is 1.79. The van der Waals surface area contributed by atoms with Crippen LogP contribution in [0.3, 0.4) is 0 Å². The Morgan fingerprint density at radius 1 is 1.29 bits per heavy atom. The second-order valence-corrected chi connectivity index (χ2v) is 4.96. The standard InChI is InChI=1S/C14H11ClN4O2/c1-19-7-9(6-16-19)11-5-13(21)18-14(17-11)8-2-3-12(20)10(15)4-8/h2-7,20H,1H3,(H,17,18,21). The number of halogens is 1. The fourth-order valence-electron chi connectivity index (χ4n) is 1.95. The van der Waals surface area contributed by atoms with Crippen LogP contribution in [0, 0.1) is 0 Å². The fourth-order valence-corrected chi connectivity index (χ4v) is 2.13. The average Bonchev–Trinajstić information content (AvgIpc) is 2.88. The lowest BCUT2D eigenvalue weighted by atomic mass is 10.2. The highest BCUT2D eigenvalue weighted by atomic mass is 35.5. The minimum absolute atomic E-state index is 0.0221. The normalized spacial score (nSPS) is 10.8. The van der Waals surface area contributed by atoms with Crippen molar-refractivity contribution in [2.24, 2.45) is 7.05 Å². The van der Waals surface area contributed by atoms with Gasteiger partial charge in [0.2, 0.25) is 0 Å². The topological polar surface area (TPSA) is 83.8 Å². The summed E-state index contributed by atoms with van der Waals surface area (Å²) in [5, 5.41) is 13.7. The molecule has 6 nitrogen and oxygen atoms in total. The molecular formula is C14H11ClN4O2. The zero-order valence-electron chi connectivity index (χ0n) is 11.0. The van der Waals surface area contributed by atoms with Crippen molar-refractivity contribution in [3.8, 4) is 28.4 Å². The first kappa shape index (κ1) is 13.4. The number of benzene rings is 1. The van der Waals surface area contributed by atoms with Crippen LogP contribution in [0.5, 0.6) is 5.75 Å². The molecule has 2 N–H and O–H groups in total. The first-order chi connectivity index (χ1) is 10.0. The molecule has 0 aliphatic carbocycles. The maximum Gasteiger partial charge on any atom is 0.251 e. The Hall–Kier alpha value is -2.60. The van der Waals surface area contributed by atoms with Crippen molar-refractivity contribution in [3.05, 3.63) is 52.0 Å². The van der Waals surface area contributed by atoms with E-state index in [1.165, 1.54) is 12.1 Å². The van der Waals surface area contributed by atoms with Crippen LogP contribution in [0.4, 0.5) is 0 Å². The van der Waals surface area contributed by atoms with Crippen molar-refractivity contribution in [2.45, 2.75) is 0 Å². The quantitative estimate of drug-likeness (QED) is 0.760. The van der Waals surface area contributed by atoms with Gasteiger partial charge in [-0.05, 0) is 18.2 Å². The van der Waals surface area contributed by atoms with Crippen LogP contribution in [-0.2, 0) is 7.05 Å². The van der Waals surface area contributed by atoms with E-state index in [0.717, 1.165) is 5.56 Å². The van der Waals surface area contributed by atoms with Gasteiger partial charge in [0.05, 0.1) is 16.9 Å². The summed E-state index contributed by atoms with van der Waals surface area (Å²) >= 11 is 5.88. The van der Waals surface area contributed by atoms with Gasteiger partial charge in [-0.1, -0.05) is 11.6 Å². The number of nitrogens with one attached hydrogen (secondary N) is 1. The van der Waals surface area contributed by atoms with Crippen LogP contribution < -0.4 is 5.56 Å². The van der Waals surface area contributed by atoms with E-state index in [2.05, 4.69) is 15.1 Å². The summed E-state index contributed by atoms with van der Waals surface area (Å²) in [4.78, 5) is 18.9. The summed E-state index contributed by atoms with van der Waals surface area (Å²) < 4.78 is 1.63. The summed E-state index contributed by atoms with van der Waals surface area (Å²) in [5.74, 6) is 0.356. The molecule has 0 saturated heterocycles. The van der Waals surface area contributed by atoms with Crippen LogP contribution in [0.2, 0.25) is 5.02 Å². The van der Waals surface area contributed by atoms with E-state index in [0.29, 0.717) is 17.1 Å². The highest BCUT2D eigenvalue weighted by Gasteiger charge is 2.09. The number of aryl methyl sites for hydroxylation is 1. The number of nitrogens with zero attached hydrogens (tertiary/aromatic N) is 3. The number of phenols is 1. The van der Waals surface area contributed by atoms with Gasteiger partial charge in [0, 0.05) is 30.4 Å². The summed E-state index contributed by atoms with van der Waals surface area (Å²) in [6.07, 6.45) is 3.41. The Kier molecular flexibility index (Phi) is 3.23. The molecule has 0 spiro atoms. The molecule has 0 unspecified atom stereocenters. The molecule has 0 fully saturated rings. The predicted octanol–water partition coefficient (Wildman–Crippen LogP) is 2.20. The second kappa shape index (κ2) is 5.06. The van der Waals surface area contributed by atoms with Crippen molar-refractivity contribution in [3.63, 3.8) is 0 Å². The van der Waals surface area contributed by atoms with E-state index in [1.54, 1.807) is 36.3 Å². The smallest absolute Gasteiger partial charge is 0.251 e. The van der Waals surface area contributed by atoms with E-state index in [4.69, 9.17) is 11.6 Å². The Morgan fingerprint density at radius 3 is 2.76 bits per heavy atom. The first-order valence-electron chi connectivity index (χ1n) is 6.12. The number of aromatic nitrogens is 4. The number of rotatable bonds is 2. The van der Waals surface area contributed by atoms with Crippen LogP contribution in [0.1, 0.15) is 0 Å². The molecule has 0 radical (unpaired) electrons. The molecule has 0 amide bonds. The molecular weight excluding hydrogens is 292 g/mol. The van der Waals surface area contributed by atoms with Crippen molar-refractivity contribution >= 4 is 11.6 Å². The third-order valence-corrected chi connectivity index (χ3v) is 3.27.